The minimum absolute atomic E-state index is 0.0246. The Morgan fingerprint density at radius 1 is 1.25 bits per heavy atom. The van der Waals surface area contributed by atoms with Crippen molar-refractivity contribution in [3.05, 3.63) is 44.4 Å². The van der Waals surface area contributed by atoms with E-state index >= 15 is 0 Å². The van der Waals surface area contributed by atoms with E-state index in [9.17, 15) is 9.59 Å². The Labute approximate surface area is 121 Å². The number of thiazole rings is 1. The molecule has 1 aromatic carbocycles. The van der Waals surface area contributed by atoms with Crippen molar-refractivity contribution in [1.82, 2.24) is 4.57 Å². The lowest BCUT2D eigenvalue weighted by molar-refractivity contribution is -0.137. The minimum Gasteiger partial charge on any atom is -0.481 e. The van der Waals surface area contributed by atoms with E-state index in [1.54, 1.807) is 4.57 Å². The predicted molar refractivity (Wildman–Crippen MR) is 80.4 cm³/mol. The van der Waals surface area contributed by atoms with E-state index in [4.69, 9.17) is 5.11 Å². The number of hydrogen-bond acceptors (Lipinski definition) is 3. The Bertz CT molecular complexity index is 667. The Morgan fingerprint density at radius 3 is 2.50 bits per heavy atom. The van der Waals surface area contributed by atoms with Crippen LogP contribution in [-0.4, -0.2) is 15.6 Å². The molecular formula is C15H17NO3S. The summed E-state index contributed by atoms with van der Waals surface area (Å²) in [5, 5.41) is 8.70. The smallest absolute Gasteiger partial charge is 0.307 e. The van der Waals surface area contributed by atoms with E-state index in [0.29, 0.717) is 13.0 Å². The van der Waals surface area contributed by atoms with Crippen molar-refractivity contribution in [1.29, 1.82) is 0 Å². The molecule has 1 heterocycles. The van der Waals surface area contributed by atoms with Crippen LogP contribution in [0.2, 0.25) is 0 Å². The molecule has 0 aliphatic carbocycles. The average Bonchev–Trinajstić information content (AvgIpc) is 2.65. The van der Waals surface area contributed by atoms with Gasteiger partial charge >= 0.3 is 10.8 Å². The second kappa shape index (κ2) is 6.05. The number of rotatable bonds is 5. The highest BCUT2D eigenvalue weighted by atomic mass is 32.1. The van der Waals surface area contributed by atoms with Crippen LogP contribution < -0.4 is 4.87 Å². The first-order valence-electron chi connectivity index (χ1n) is 6.48. The molecule has 0 radical (unpaired) electrons. The zero-order valence-corrected chi connectivity index (χ0v) is 12.4. The summed E-state index contributed by atoms with van der Waals surface area (Å²) in [5.74, 6) is -0.832. The molecule has 0 bridgehead atoms. The maximum atomic E-state index is 12.0. The maximum Gasteiger partial charge on any atom is 0.307 e. The lowest BCUT2D eigenvalue weighted by atomic mass is 10.1. The van der Waals surface area contributed by atoms with E-state index in [0.717, 1.165) is 16.1 Å². The molecule has 2 rings (SSSR count). The molecule has 0 unspecified atom stereocenters. The molecule has 1 aromatic heterocycles. The van der Waals surface area contributed by atoms with Crippen LogP contribution in [0.3, 0.4) is 0 Å². The lowest BCUT2D eigenvalue weighted by Crippen LogP contribution is -2.15. The Balaban J connectivity index is 2.34. The standard InChI is InChI=1S/C15H17NO3S/c1-10-5-7-12(8-6-10)14-11(2)20-15(19)16(14)9-3-4-13(17)18/h5-8H,3-4,9H2,1-2H3,(H,17,18). The summed E-state index contributed by atoms with van der Waals surface area (Å²) in [6, 6.07) is 8.02. The van der Waals surface area contributed by atoms with Gasteiger partial charge in [-0.25, -0.2) is 0 Å². The van der Waals surface area contributed by atoms with Crippen LogP contribution in [0.25, 0.3) is 11.3 Å². The molecule has 1 N–H and O–H groups in total. The number of aryl methyl sites for hydroxylation is 2. The third kappa shape index (κ3) is 3.17. The van der Waals surface area contributed by atoms with Gasteiger partial charge in [-0.2, -0.15) is 0 Å². The first-order valence-corrected chi connectivity index (χ1v) is 7.29. The van der Waals surface area contributed by atoms with Crippen molar-refractivity contribution in [3.8, 4) is 11.3 Å². The molecule has 0 atom stereocenters. The number of aliphatic carboxylic acids is 1. The number of carbonyl (C=O) groups is 1. The van der Waals surface area contributed by atoms with E-state index in [-0.39, 0.29) is 11.3 Å². The molecule has 4 nitrogen and oxygen atoms in total. The van der Waals surface area contributed by atoms with Gasteiger partial charge in [0, 0.05) is 17.8 Å². The largest absolute Gasteiger partial charge is 0.481 e. The molecule has 0 saturated carbocycles. The second-order valence-electron chi connectivity index (χ2n) is 4.79. The van der Waals surface area contributed by atoms with Crippen molar-refractivity contribution in [2.24, 2.45) is 0 Å². The molecule has 20 heavy (non-hydrogen) atoms. The highest BCUT2D eigenvalue weighted by Crippen LogP contribution is 2.25. The van der Waals surface area contributed by atoms with Crippen LogP contribution in [-0.2, 0) is 11.3 Å². The van der Waals surface area contributed by atoms with Gasteiger partial charge in [0.1, 0.15) is 0 Å². The predicted octanol–water partition coefficient (Wildman–Crippen LogP) is 3.06. The quantitative estimate of drug-likeness (QED) is 0.921. The van der Waals surface area contributed by atoms with Gasteiger partial charge in [-0.3, -0.25) is 14.2 Å². The third-order valence-electron chi connectivity index (χ3n) is 3.16. The fourth-order valence-corrected chi connectivity index (χ4v) is 3.06. The van der Waals surface area contributed by atoms with Gasteiger partial charge in [0.15, 0.2) is 0 Å². The van der Waals surface area contributed by atoms with Crippen LogP contribution in [0.15, 0.2) is 29.1 Å². The van der Waals surface area contributed by atoms with Gasteiger partial charge in [0.25, 0.3) is 0 Å². The maximum absolute atomic E-state index is 12.0. The van der Waals surface area contributed by atoms with E-state index in [2.05, 4.69) is 0 Å². The highest BCUT2D eigenvalue weighted by molar-refractivity contribution is 7.09. The number of nitrogens with zero attached hydrogens (tertiary/aromatic N) is 1. The average molecular weight is 291 g/mol. The van der Waals surface area contributed by atoms with Crippen LogP contribution >= 0.6 is 11.3 Å². The van der Waals surface area contributed by atoms with Crippen molar-refractivity contribution in [2.75, 3.05) is 0 Å². The van der Waals surface area contributed by atoms with Crippen molar-refractivity contribution < 1.29 is 9.90 Å². The number of benzene rings is 1. The molecule has 5 heteroatoms. The van der Waals surface area contributed by atoms with E-state index in [1.807, 2.05) is 38.1 Å². The first kappa shape index (κ1) is 14.5. The van der Waals surface area contributed by atoms with Crippen LogP contribution in [0.4, 0.5) is 0 Å². The van der Waals surface area contributed by atoms with Crippen molar-refractivity contribution >= 4 is 17.3 Å². The third-order valence-corrected chi connectivity index (χ3v) is 4.06. The Kier molecular flexibility index (Phi) is 4.39. The summed E-state index contributed by atoms with van der Waals surface area (Å²) in [4.78, 5) is 23.5. The zero-order chi connectivity index (χ0) is 14.7. The van der Waals surface area contributed by atoms with E-state index < -0.39 is 5.97 Å². The van der Waals surface area contributed by atoms with Gasteiger partial charge in [-0.15, -0.1) is 0 Å². The molecule has 0 aliphatic heterocycles. The Hall–Kier alpha value is -1.88. The zero-order valence-electron chi connectivity index (χ0n) is 11.5. The molecule has 106 valence electrons. The lowest BCUT2D eigenvalue weighted by Gasteiger charge is -2.08. The molecule has 0 amide bonds. The monoisotopic (exact) mass is 291 g/mol. The van der Waals surface area contributed by atoms with Crippen LogP contribution in [0.1, 0.15) is 23.3 Å². The van der Waals surface area contributed by atoms with Gasteiger partial charge in [0.05, 0.1) is 5.69 Å². The number of carboxylic acid groups (broad SMARTS) is 1. The minimum atomic E-state index is -0.832. The first-order chi connectivity index (χ1) is 9.49. The normalized spacial score (nSPS) is 10.7. The number of hydrogen-bond donors (Lipinski definition) is 1. The van der Waals surface area contributed by atoms with Crippen molar-refractivity contribution in [3.63, 3.8) is 0 Å². The SMILES string of the molecule is Cc1ccc(-c2c(C)sc(=O)n2CCCC(=O)O)cc1. The van der Waals surface area contributed by atoms with Crippen molar-refractivity contribution in [2.45, 2.75) is 33.2 Å². The van der Waals surface area contributed by atoms with Crippen LogP contribution in [0.5, 0.6) is 0 Å². The second-order valence-corrected chi connectivity index (χ2v) is 5.95. The summed E-state index contributed by atoms with van der Waals surface area (Å²) in [7, 11) is 0. The molecule has 0 spiro atoms. The summed E-state index contributed by atoms with van der Waals surface area (Å²) < 4.78 is 1.69. The summed E-state index contributed by atoms with van der Waals surface area (Å²) in [5.41, 5.74) is 3.08. The van der Waals surface area contributed by atoms with Gasteiger partial charge in [-0.05, 0) is 25.8 Å². The van der Waals surface area contributed by atoms with Gasteiger partial charge in [0.2, 0.25) is 0 Å². The molecule has 0 saturated heterocycles. The topological polar surface area (TPSA) is 59.3 Å². The summed E-state index contributed by atoms with van der Waals surface area (Å²) in [6.07, 6.45) is 0.541. The van der Waals surface area contributed by atoms with Crippen LogP contribution in [0, 0.1) is 13.8 Å². The van der Waals surface area contributed by atoms with Gasteiger partial charge < -0.3 is 5.11 Å². The molecular weight excluding hydrogens is 274 g/mol. The fourth-order valence-electron chi connectivity index (χ4n) is 2.18. The molecule has 0 fully saturated rings. The number of aromatic nitrogens is 1. The summed E-state index contributed by atoms with van der Waals surface area (Å²) in [6.45, 7) is 4.39. The summed E-state index contributed by atoms with van der Waals surface area (Å²) >= 11 is 1.21. The van der Waals surface area contributed by atoms with E-state index in [1.165, 1.54) is 16.9 Å². The molecule has 2 aromatic rings. The highest BCUT2D eigenvalue weighted by Gasteiger charge is 2.13. The van der Waals surface area contributed by atoms with Gasteiger partial charge in [-0.1, -0.05) is 41.2 Å². The fraction of sp³-hybridized carbons (Fsp3) is 0.333. The molecule has 0 aliphatic rings. The number of carboxylic acids is 1. The Morgan fingerprint density at radius 2 is 1.90 bits per heavy atom.